The van der Waals surface area contributed by atoms with Gasteiger partial charge in [-0.05, 0) is 6.07 Å². The molecular formula is C9H7BrO2. The maximum Gasteiger partial charge on any atom is 0.335 e. The molecule has 1 rings (SSSR count). The number of aliphatic carboxylic acids is 1. The molecule has 12 heavy (non-hydrogen) atoms. The Kier molecular flexibility index (Phi) is 2.65. The Labute approximate surface area is 78.7 Å². The fourth-order valence-electron chi connectivity index (χ4n) is 0.821. The van der Waals surface area contributed by atoms with Crippen LogP contribution in [0.25, 0.3) is 5.57 Å². The summed E-state index contributed by atoms with van der Waals surface area (Å²) in [5.41, 5.74) is 0.715. The largest absolute Gasteiger partial charge is 0.478 e. The first-order valence-electron chi connectivity index (χ1n) is 3.30. The summed E-state index contributed by atoms with van der Waals surface area (Å²) in [6.45, 7) is 3.46. The lowest BCUT2D eigenvalue weighted by atomic mass is 10.1. The van der Waals surface area contributed by atoms with Crippen molar-refractivity contribution in [3.05, 3.63) is 40.9 Å². The van der Waals surface area contributed by atoms with Crippen molar-refractivity contribution in [2.75, 3.05) is 0 Å². The van der Waals surface area contributed by atoms with Crippen LogP contribution in [-0.2, 0) is 4.79 Å². The molecule has 0 saturated carbocycles. The molecule has 0 saturated heterocycles. The van der Waals surface area contributed by atoms with E-state index in [1.807, 2.05) is 6.07 Å². The first kappa shape index (κ1) is 9.00. The monoisotopic (exact) mass is 226 g/mol. The van der Waals surface area contributed by atoms with E-state index in [0.717, 1.165) is 4.47 Å². The summed E-state index contributed by atoms with van der Waals surface area (Å²) in [5.74, 6) is -0.998. The Morgan fingerprint density at radius 1 is 1.42 bits per heavy atom. The van der Waals surface area contributed by atoms with Crippen molar-refractivity contribution in [3.8, 4) is 0 Å². The van der Waals surface area contributed by atoms with Crippen LogP contribution in [0.4, 0.5) is 0 Å². The van der Waals surface area contributed by atoms with Crippen LogP contribution in [0.3, 0.4) is 0 Å². The SMILES string of the molecule is C=C(C(=O)O)c1ccccc1Br. The van der Waals surface area contributed by atoms with Crippen molar-refractivity contribution in [3.63, 3.8) is 0 Å². The molecule has 0 fully saturated rings. The van der Waals surface area contributed by atoms with Crippen LogP contribution in [-0.4, -0.2) is 11.1 Å². The van der Waals surface area contributed by atoms with Crippen LogP contribution in [0.5, 0.6) is 0 Å². The number of carbonyl (C=O) groups is 1. The van der Waals surface area contributed by atoms with E-state index in [1.54, 1.807) is 18.2 Å². The number of hydrogen-bond donors (Lipinski definition) is 1. The quantitative estimate of drug-likeness (QED) is 0.788. The molecular weight excluding hydrogens is 220 g/mol. The Morgan fingerprint density at radius 3 is 2.50 bits per heavy atom. The molecule has 1 N–H and O–H groups in total. The summed E-state index contributed by atoms with van der Waals surface area (Å²) in [5, 5.41) is 8.64. The van der Waals surface area contributed by atoms with Gasteiger partial charge in [-0.15, -0.1) is 0 Å². The zero-order chi connectivity index (χ0) is 9.14. The highest BCUT2D eigenvalue weighted by Gasteiger charge is 2.08. The van der Waals surface area contributed by atoms with E-state index in [0.29, 0.717) is 5.56 Å². The molecule has 0 radical (unpaired) electrons. The Balaban J connectivity index is 3.11. The van der Waals surface area contributed by atoms with E-state index in [2.05, 4.69) is 22.5 Å². The molecule has 0 aromatic heterocycles. The lowest BCUT2D eigenvalue weighted by Gasteiger charge is -2.01. The lowest BCUT2D eigenvalue weighted by Crippen LogP contribution is -1.98. The van der Waals surface area contributed by atoms with Crippen molar-refractivity contribution < 1.29 is 9.90 Å². The third kappa shape index (κ3) is 1.74. The molecule has 0 amide bonds. The van der Waals surface area contributed by atoms with Crippen molar-refractivity contribution in [2.24, 2.45) is 0 Å². The van der Waals surface area contributed by atoms with Gasteiger partial charge in [0.25, 0.3) is 0 Å². The van der Waals surface area contributed by atoms with Crippen LogP contribution >= 0.6 is 15.9 Å². The smallest absolute Gasteiger partial charge is 0.335 e. The summed E-state index contributed by atoms with van der Waals surface area (Å²) in [6.07, 6.45) is 0. The van der Waals surface area contributed by atoms with E-state index in [-0.39, 0.29) is 5.57 Å². The van der Waals surface area contributed by atoms with Crippen LogP contribution in [0.1, 0.15) is 5.56 Å². The molecule has 0 aliphatic heterocycles. The summed E-state index contributed by atoms with van der Waals surface area (Å²) in [4.78, 5) is 10.5. The highest BCUT2D eigenvalue weighted by atomic mass is 79.9. The molecule has 0 spiro atoms. The van der Waals surface area contributed by atoms with Gasteiger partial charge < -0.3 is 5.11 Å². The normalized spacial score (nSPS) is 9.42. The van der Waals surface area contributed by atoms with Crippen LogP contribution in [0, 0.1) is 0 Å². The minimum Gasteiger partial charge on any atom is -0.478 e. The average Bonchev–Trinajstić information content (AvgIpc) is 2.04. The maximum absolute atomic E-state index is 10.5. The second kappa shape index (κ2) is 3.54. The highest BCUT2D eigenvalue weighted by Crippen LogP contribution is 2.22. The van der Waals surface area contributed by atoms with Gasteiger partial charge in [0.1, 0.15) is 0 Å². The van der Waals surface area contributed by atoms with Crippen LogP contribution < -0.4 is 0 Å². The number of hydrogen-bond acceptors (Lipinski definition) is 1. The van der Waals surface area contributed by atoms with Gasteiger partial charge in [-0.1, -0.05) is 40.7 Å². The average molecular weight is 227 g/mol. The topological polar surface area (TPSA) is 37.3 Å². The molecule has 0 atom stereocenters. The molecule has 62 valence electrons. The second-order valence-electron chi connectivity index (χ2n) is 2.26. The summed E-state index contributed by atoms with van der Waals surface area (Å²) >= 11 is 3.24. The molecule has 0 heterocycles. The second-order valence-corrected chi connectivity index (χ2v) is 3.12. The Morgan fingerprint density at radius 2 is 2.00 bits per heavy atom. The number of rotatable bonds is 2. The molecule has 1 aromatic carbocycles. The molecule has 0 aliphatic carbocycles. The van der Waals surface area contributed by atoms with E-state index in [1.165, 1.54) is 0 Å². The van der Waals surface area contributed by atoms with Gasteiger partial charge in [-0.25, -0.2) is 4.79 Å². The first-order valence-corrected chi connectivity index (χ1v) is 4.09. The number of benzene rings is 1. The summed E-state index contributed by atoms with van der Waals surface area (Å²) in [7, 11) is 0. The summed E-state index contributed by atoms with van der Waals surface area (Å²) in [6, 6.07) is 7.08. The predicted molar refractivity (Wildman–Crippen MR) is 50.8 cm³/mol. The first-order chi connectivity index (χ1) is 5.63. The van der Waals surface area contributed by atoms with Gasteiger partial charge in [0.05, 0.1) is 5.57 Å². The lowest BCUT2D eigenvalue weighted by molar-refractivity contribution is -0.130. The number of halogens is 1. The van der Waals surface area contributed by atoms with Crippen molar-refractivity contribution in [2.45, 2.75) is 0 Å². The Bertz CT molecular complexity index is 331. The van der Waals surface area contributed by atoms with Crippen LogP contribution in [0.15, 0.2) is 35.3 Å². The van der Waals surface area contributed by atoms with E-state index in [9.17, 15) is 4.79 Å². The third-order valence-electron chi connectivity index (χ3n) is 1.46. The van der Waals surface area contributed by atoms with E-state index in [4.69, 9.17) is 5.11 Å². The molecule has 1 aromatic rings. The van der Waals surface area contributed by atoms with Gasteiger partial charge in [0, 0.05) is 10.0 Å². The molecule has 3 heteroatoms. The number of carboxylic acids is 1. The maximum atomic E-state index is 10.5. The van der Waals surface area contributed by atoms with Gasteiger partial charge >= 0.3 is 5.97 Å². The minimum atomic E-state index is -0.998. The van der Waals surface area contributed by atoms with Gasteiger partial charge in [0.2, 0.25) is 0 Å². The number of carboxylic acid groups (broad SMARTS) is 1. The Hall–Kier alpha value is -1.09. The van der Waals surface area contributed by atoms with Crippen molar-refractivity contribution in [1.82, 2.24) is 0 Å². The molecule has 0 bridgehead atoms. The minimum absolute atomic E-state index is 0.0995. The van der Waals surface area contributed by atoms with Crippen molar-refractivity contribution >= 4 is 27.5 Å². The predicted octanol–water partition coefficient (Wildman–Crippen LogP) is 2.55. The molecule has 2 nitrogen and oxygen atoms in total. The van der Waals surface area contributed by atoms with Crippen molar-refractivity contribution in [1.29, 1.82) is 0 Å². The van der Waals surface area contributed by atoms with Gasteiger partial charge in [-0.3, -0.25) is 0 Å². The summed E-state index contributed by atoms with van der Waals surface area (Å²) < 4.78 is 0.748. The highest BCUT2D eigenvalue weighted by molar-refractivity contribution is 9.10. The van der Waals surface area contributed by atoms with E-state index >= 15 is 0 Å². The zero-order valence-electron chi connectivity index (χ0n) is 6.25. The molecule has 0 unspecified atom stereocenters. The van der Waals surface area contributed by atoms with Gasteiger partial charge in [-0.2, -0.15) is 0 Å². The van der Waals surface area contributed by atoms with Crippen LogP contribution in [0.2, 0.25) is 0 Å². The fraction of sp³-hybridized carbons (Fsp3) is 0. The van der Waals surface area contributed by atoms with Gasteiger partial charge in [0.15, 0.2) is 0 Å². The third-order valence-corrected chi connectivity index (χ3v) is 2.15. The standard InChI is InChI=1S/C9H7BrO2/c1-6(9(11)12)7-4-2-3-5-8(7)10/h2-5H,1H2,(H,11,12). The van der Waals surface area contributed by atoms with E-state index < -0.39 is 5.97 Å². The fourth-order valence-corrected chi connectivity index (χ4v) is 1.35. The zero-order valence-corrected chi connectivity index (χ0v) is 7.84. The molecule has 0 aliphatic rings.